The van der Waals surface area contributed by atoms with Gasteiger partial charge in [0.25, 0.3) is 5.91 Å². The summed E-state index contributed by atoms with van der Waals surface area (Å²) in [7, 11) is 0. The average molecular weight is 389 g/mol. The Kier molecular flexibility index (Phi) is 5.07. The summed E-state index contributed by atoms with van der Waals surface area (Å²) in [6.07, 6.45) is 0. The summed E-state index contributed by atoms with van der Waals surface area (Å²) < 4.78 is 24.2. The Morgan fingerprint density at radius 3 is 2.59 bits per heavy atom. The van der Waals surface area contributed by atoms with Gasteiger partial charge in [0, 0.05) is 17.8 Å². The van der Waals surface area contributed by atoms with E-state index in [2.05, 4.69) is 5.32 Å². The zero-order valence-corrected chi connectivity index (χ0v) is 15.2. The van der Waals surface area contributed by atoms with E-state index < -0.39 is 5.91 Å². The van der Waals surface area contributed by atoms with Crippen molar-refractivity contribution in [3.63, 3.8) is 0 Å². The third kappa shape index (κ3) is 4.32. The van der Waals surface area contributed by atoms with Crippen molar-refractivity contribution >= 4 is 22.6 Å². The normalized spacial score (nSPS) is 10.7. The molecule has 1 N–H and O–H groups in total. The van der Waals surface area contributed by atoms with E-state index in [4.69, 9.17) is 9.15 Å². The summed E-state index contributed by atoms with van der Waals surface area (Å²) in [5.74, 6) is -0.388. The SMILES string of the molecule is O=C(Nc1cccc(OCc2ccc(F)cc2)c1)c1cc(=O)c2ccccc2o1. The first-order valence-electron chi connectivity index (χ1n) is 8.90. The highest BCUT2D eigenvalue weighted by atomic mass is 19.1. The van der Waals surface area contributed by atoms with E-state index in [0.29, 0.717) is 22.4 Å². The van der Waals surface area contributed by atoms with E-state index in [1.54, 1.807) is 60.7 Å². The van der Waals surface area contributed by atoms with Gasteiger partial charge >= 0.3 is 0 Å². The second-order valence-corrected chi connectivity index (χ2v) is 6.37. The molecule has 0 unspecified atom stereocenters. The molecule has 1 amide bonds. The van der Waals surface area contributed by atoms with Gasteiger partial charge in [0.1, 0.15) is 23.8 Å². The quantitative estimate of drug-likeness (QED) is 0.534. The Bertz CT molecular complexity index is 1230. The van der Waals surface area contributed by atoms with Gasteiger partial charge in [-0.1, -0.05) is 30.3 Å². The number of carbonyl (C=O) groups excluding carboxylic acids is 1. The van der Waals surface area contributed by atoms with Crippen molar-refractivity contribution in [3.8, 4) is 5.75 Å². The molecular formula is C23H16FNO4. The third-order valence-corrected chi connectivity index (χ3v) is 4.27. The molecule has 4 aromatic rings. The van der Waals surface area contributed by atoms with Crippen LogP contribution in [0.3, 0.4) is 0 Å². The first-order chi connectivity index (χ1) is 14.1. The van der Waals surface area contributed by atoms with Crippen LogP contribution in [0.15, 0.2) is 88.1 Å². The Morgan fingerprint density at radius 1 is 0.966 bits per heavy atom. The minimum absolute atomic E-state index is 0.0775. The van der Waals surface area contributed by atoms with Crippen molar-refractivity contribution in [2.45, 2.75) is 6.61 Å². The lowest BCUT2D eigenvalue weighted by Gasteiger charge is -2.09. The number of fused-ring (bicyclic) bond motifs is 1. The monoisotopic (exact) mass is 389 g/mol. The molecule has 0 atom stereocenters. The van der Waals surface area contributed by atoms with Gasteiger partial charge in [-0.25, -0.2) is 4.39 Å². The van der Waals surface area contributed by atoms with Crippen molar-refractivity contribution in [2.24, 2.45) is 0 Å². The van der Waals surface area contributed by atoms with Crippen molar-refractivity contribution in [3.05, 3.63) is 106 Å². The molecule has 0 spiro atoms. The molecule has 5 nitrogen and oxygen atoms in total. The summed E-state index contributed by atoms with van der Waals surface area (Å²) in [6, 6.07) is 20.8. The first-order valence-corrected chi connectivity index (χ1v) is 8.90. The van der Waals surface area contributed by atoms with Crippen LogP contribution >= 0.6 is 0 Å². The van der Waals surface area contributed by atoms with E-state index in [9.17, 15) is 14.0 Å². The lowest BCUT2D eigenvalue weighted by molar-refractivity contribution is 0.0997. The molecule has 0 aliphatic heterocycles. The minimum atomic E-state index is -0.538. The minimum Gasteiger partial charge on any atom is -0.489 e. The smallest absolute Gasteiger partial charge is 0.291 e. The van der Waals surface area contributed by atoms with Crippen molar-refractivity contribution < 1.29 is 18.3 Å². The fraction of sp³-hybridized carbons (Fsp3) is 0.0435. The van der Waals surface area contributed by atoms with Crippen LogP contribution in [0, 0.1) is 5.82 Å². The zero-order valence-electron chi connectivity index (χ0n) is 15.2. The van der Waals surface area contributed by atoms with Crippen LogP contribution in [0.2, 0.25) is 0 Å². The maximum absolute atomic E-state index is 13.0. The maximum atomic E-state index is 13.0. The molecule has 0 saturated heterocycles. The molecule has 0 fully saturated rings. The lowest BCUT2D eigenvalue weighted by Crippen LogP contribution is -2.15. The van der Waals surface area contributed by atoms with Crippen LogP contribution in [-0.4, -0.2) is 5.91 Å². The van der Waals surface area contributed by atoms with Crippen molar-refractivity contribution in [1.82, 2.24) is 0 Å². The van der Waals surface area contributed by atoms with Crippen molar-refractivity contribution in [1.29, 1.82) is 0 Å². The molecule has 0 radical (unpaired) electrons. The van der Waals surface area contributed by atoms with Gasteiger partial charge in [0.2, 0.25) is 0 Å². The number of hydrogen-bond acceptors (Lipinski definition) is 4. The fourth-order valence-electron chi connectivity index (χ4n) is 2.82. The summed E-state index contributed by atoms with van der Waals surface area (Å²) >= 11 is 0. The van der Waals surface area contributed by atoms with Gasteiger partial charge in [0.05, 0.1) is 5.39 Å². The molecule has 144 valence electrons. The van der Waals surface area contributed by atoms with Crippen molar-refractivity contribution in [2.75, 3.05) is 5.32 Å². The fourth-order valence-corrected chi connectivity index (χ4v) is 2.82. The predicted molar refractivity (Wildman–Crippen MR) is 108 cm³/mol. The second-order valence-electron chi connectivity index (χ2n) is 6.37. The molecule has 0 aliphatic rings. The standard InChI is InChI=1S/C23H16FNO4/c24-16-10-8-15(9-11-16)14-28-18-5-3-4-17(12-18)25-23(27)22-13-20(26)19-6-1-2-7-21(19)29-22/h1-13H,14H2,(H,25,27). The number of anilines is 1. The van der Waals surface area contributed by atoms with Crippen LogP contribution in [0.5, 0.6) is 5.75 Å². The molecule has 0 aliphatic carbocycles. The van der Waals surface area contributed by atoms with E-state index in [1.165, 1.54) is 18.2 Å². The van der Waals surface area contributed by atoms with Gasteiger partial charge in [-0.15, -0.1) is 0 Å². The topological polar surface area (TPSA) is 68.5 Å². The highest BCUT2D eigenvalue weighted by molar-refractivity contribution is 6.03. The summed E-state index contributed by atoms with van der Waals surface area (Å²) in [6.45, 7) is 0.261. The molecule has 0 bridgehead atoms. The van der Waals surface area contributed by atoms with Crippen LogP contribution in [0.1, 0.15) is 16.1 Å². The summed E-state index contributed by atoms with van der Waals surface area (Å²) in [4.78, 5) is 24.7. The maximum Gasteiger partial charge on any atom is 0.291 e. The Hall–Kier alpha value is -3.93. The van der Waals surface area contributed by atoms with E-state index in [-0.39, 0.29) is 23.6 Å². The van der Waals surface area contributed by atoms with Crippen LogP contribution in [0.4, 0.5) is 10.1 Å². The number of benzene rings is 3. The molecule has 1 aromatic heterocycles. The number of rotatable bonds is 5. The zero-order chi connectivity index (χ0) is 20.2. The lowest BCUT2D eigenvalue weighted by atomic mass is 10.2. The largest absolute Gasteiger partial charge is 0.489 e. The summed E-state index contributed by atoms with van der Waals surface area (Å²) in [5.41, 5.74) is 1.37. The van der Waals surface area contributed by atoms with E-state index in [1.807, 2.05) is 0 Å². The number of hydrogen-bond donors (Lipinski definition) is 1. The molecule has 29 heavy (non-hydrogen) atoms. The van der Waals surface area contributed by atoms with Gasteiger partial charge in [-0.05, 0) is 42.0 Å². The van der Waals surface area contributed by atoms with Crippen LogP contribution in [0.25, 0.3) is 11.0 Å². The number of carbonyl (C=O) groups is 1. The van der Waals surface area contributed by atoms with Gasteiger partial charge in [-0.2, -0.15) is 0 Å². The molecule has 3 aromatic carbocycles. The van der Waals surface area contributed by atoms with E-state index >= 15 is 0 Å². The predicted octanol–water partition coefficient (Wildman–Crippen LogP) is 4.76. The molecular weight excluding hydrogens is 373 g/mol. The highest BCUT2D eigenvalue weighted by Gasteiger charge is 2.13. The van der Waals surface area contributed by atoms with Gasteiger partial charge < -0.3 is 14.5 Å². The van der Waals surface area contributed by atoms with Crippen LogP contribution < -0.4 is 15.5 Å². The number of halogens is 1. The third-order valence-electron chi connectivity index (χ3n) is 4.27. The Morgan fingerprint density at radius 2 is 1.76 bits per heavy atom. The van der Waals surface area contributed by atoms with Crippen LogP contribution in [-0.2, 0) is 6.61 Å². The Balaban J connectivity index is 1.48. The molecule has 1 heterocycles. The number of ether oxygens (including phenoxy) is 1. The number of para-hydroxylation sites is 1. The average Bonchev–Trinajstić information content (AvgIpc) is 2.73. The molecule has 6 heteroatoms. The second kappa shape index (κ2) is 7.98. The number of nitrogens with one attached hydrogen (secondary N) is 1. The van der Waals surface area contributed by atoms with Gasteiger partial charge in [0.15, 0.2) is 11.2 Å². The number of amides is 1. The summed E-state index contributed by atoms with van der Waals surface area (Å²) in [5, 5.41) is 3.11. The molecule has 0 saturated carbocycles. The first kappa shape index (κ1) is 18.4. The van der Waals surface area contributed by atoms with Gasteiger partial charge in [-0.3, -0.25) is 9.59 Å². The Labute approximate surface area is 165 Å². The molecule has 4 rings (SSSR count). The highest BCUT2D eigenvalue weighted by Crippen LogP contribution is 2.20. The van der Waals surface area contributed by atoms with E-state index in [0.717, 1.165) is 5.56 Å².